The van der Waals surface area contributed by atoms with Crippen molar-refractivity contribution in [3.05, 3.63) is 41.9 Å². The topological polar surface area (TPSA) is 89.1 Å². The van der Waals surface area contributed by atoms with Crippen molar-refractivity contribution < 1.29 is 4.79 Å². The number of nitrogen functional groups attached to an aromatic ring is 1. The second-order valence-electron chi connectivity index (χ2n) is 6.37. The van der Waals surface area contributed by atoms with Gasteiger partial charge in [-0.05, 0) is 37.9 Å². The highest BCUT2D eigenvalue weighted by Gasteiger charge is 2.22. The van der Waals surface area contributed by atoms with E-state index < -0.39 is 0 Å². The summed E-state index contributed by atoms with van der Waals surface area (Å²) in [7, 11) is 0. The van der Waals surface area contributed by atoms with Crippen molar-refractivity contribution in [3.8, 4) is 0 Å². The molecule has 7 heteroatoms. The lowest BCUT2D eigenvalue weighted by Crippen LogP contribution is -2.48. The third kappa shape index (κ3) is 4.32. The van der Waals surface area contributed by atoms with Crippen molar-refractivity contribution >= 4 is 11.7 Å². The summed E-state index contributed by atoms with van der Waals surface area (Å²) < 4.78 is 1.54. The van der Waals surface area contributed by atoms with Crippen molar-refractivity contribution in [2.24, 2.45) is 0 Å². The molecule has 24 heavy (non-hydrogen) atoms. The SMILES string of the molecule is Cc1cc(N)n(CC(=O)NC2CCCN(Cc3cccnc3)C2)n1. The van der Waals surface area contributed by atoms with Crippen LogP contribution < -0.4 is 11.1 Å². The number of aryl methyl sites for hydroxylation is 1. The molecule has 0 aromatic carbocycles. The van der Waals surface area contributed by atoms with Crippen LogP contribution in [0.15, 0.2) is 30.6 Å². The number of carbonyl (C=O) groups is 1. The molecule has 0 aliphatic carbocycles. The van der Waals surface area contributed by atoms with Crippen LogP contribution in [0.5, 0.6) is 0 Å². The number of amides is 1. The van der Waals surface area contributed by atoms with Crippen molar-refractivity contribution in [3.63, 3.8) is 0 Å². The van der Waals surface area contributed by atoms with Crippen LogP contribution in [-0.2, 0) is 17.9 Å². The fourth-order valence-corrected chi connectivity index (χ4v) is 3.17. The summed E-state index contributed by atoms with van der Waals surface area (Å²) in [6, 6.07) is 5.97. The Kier molecular flexibility index (Phi) is 5.10. The summed E-state index contributed by atoms with van der Waals surface area (Å²) in [5, 5.41) is 7.33. The van der Waals surface area contributed by atoms with Gasteiger partial charge in [0.2, 0.25) is 5.91 Å². The molecule has 2 aromatic rings. The van der Waals surface area contributed by atoms with E-state index in [-0.39, 0.29) is 18.5 Å². The van der Waals surface area contributed by atoms with Gasteiger partial charge in [0, 0.05) is 37.6 Å². The third-order valence-corrected chi connectivity index (χ3v) is 4.23. The fraction of sp³-hybridized carbons (Fsp3) is 0.471. The molecule has 1 atom stereocenters. The number of rotatable bonds is 5. The van der Waals surface area contributed by atoms with E-state index in [1.807, 2.05) is 19.2 Å². The predicted molar refractivity (Wildman–Crippen MR) is 92.1 cm³/mol. The van der Waals surface area contributed by atoms with Crippen LogP contribution in [0, 0.1) is 6.92 Å². The second kappa shape index (κ2) is 7.44. The van der Waals surface area contributed by atoms with Crippen LogP contribution >= 0.6 is 0 Å². The molecule has 128 valence electrons. The van der Waals surface area contributed by atoms with Gasteiger partial charge in [0.1, 0.15) is 12.4 Å². The van der Waals surface area contributed by atoms with Gasteiger partial charge in [-0.1, -0.05) is 6.07 Å². The highest BCUT2D eigenvalue weighted by Crippen LogP contribution is 2.13. The summed E-state index contributed by atoms with van der Waals surface area (Å²) >= 11 is 0. The van der Waals surface area contributed by atoms with E-state index in [9.17, 15) is 4.79 Å². The zero-order valence-corrected chi connectivity index (χ0v) is 14.0. The number of piperidine rings is 1. The molecule has 3 N–H and O–H groups in total. The highest BCUT2D eigenvalue weighted by molar-refractivity contribution is 5.76. The maximum absolute atomic E-state index is 12.3. The van der Waals surface area contributed by atoms with Gasteiger partial charge in [0.15, 0.2) is 0 Å². The Hall–Kier alpha value is -2.41. The number of likely N-dealkylation sites (tertiary alicyclic amines) is 1. The number of nitrogens with one attached hydrogen (secondary N) is 1. The average Bonchev–Trinajstić information content (AvgIpc) is 2.86. The molecule has 1 amide bonds. The van der Waals surface area contributed by atoms with Crippen LogP contribution in [0.1, 0.15) is 24.1 Å². The molecule has 1 saturated heterocycles. The van der Waals surface area contributed by atoms with Crippen molar-refractivity contribution in [2.75, 3.05) is 18.8 Å². The molecule has 0 saturated carbocycles. The summed E-state index contributed by atoms with van der Waals surface area (Å²) in [5.41, 5.74) is 7.86. The van der Waals surface area contributed by atoms with Gasteiger partial charge in [0.05, 0.1) is 5.69 Å². The quantitative estimate of drug-likeness (QED) is 0.853. The lowest BCUT2D eigenvalue weighted by molar-refractivity contribution is -0.122. The molecule has 0 bridgehead atoms. The van der Waals surface area contributed by atoms with E-state index in [4.69, 9.17) is 5.73 Å². The number of anilines is 1. The van der Waals surface area contributed by atoms with Crippen molar-refractivity contribution in [2.45, 2.75) is 38.9 Å². The van der Waals surface area contributed by atoms with Crippen molar-refractivity contribution in [1.82, 2.24) is 25.0 Å². The Balaban J connectivity index is 1.51. The van der Waals surface area contributed by atoms with Crippen molar-refractivity contribution in [1.29, 1.82) is 0 Å². The first kappa shape index (κ1) is 16.4. The summed E-state index contributed by atoms with van der Waals surface area (Å²) in [6.07, 6.45) is 5.76. The molecule has 0 spiro atoms. The lowest BCUT2D eigenvalue weighted by atomic mass is 10.0. The molecule has 3 heterocycles. The summed E-state index contributed by atoms with van der Waals surface area (Å²) in [6.45, 7) is 4.80. The van der Waals surface area contributed by atoms with Gasteiger partial charge in [0.25, 0.3) is 0 Å². The van der Waals surface area contributed by atoms with Crippen LogP contribution in [-0.4, -0.2) is 44.7 Å². The highest BCUT2D eigenvalue weighted by atomic mass is 16.2. The first-order chi connectivity index (χ1) is 11.6. The Morgan fingerprint density at radius 3 is 3.08 bits per heavy atom. The Morgan fingerprint density at radius 1 is 1.50 bits per heavy atom. The number of hydrogen-bond donors (Lipinski definition) is 2. The van der Waals surface area contributed by atoms with E-state index in [0.29, 0.717) is 5.82 Å². The Morgan fingerprint density at radius 2 is 2.38 bits per heavy atom. The van der Waals surface area contributed by atoms with Gasteiger partial charge in [-0.3, -0.25) is 14.7 Å². The minimum Gasteiger partial charge on any atom is -0.384 e. The molecule has 1 aliphatic rings. The van der Waals surface area contributed by atoms with Crippen LogP contribution in [0.25, 0.3) is 0 Å². The monoisotopic (exact) mass is 328 g/mol. The lowest BCUT2D eigenvalue weighted by Gasteiger charge is -2.33. The van der Waals surface area contributed by atoms with Crippen LogP contribution in [0.3, 0.4) is 0 Å². The van der Waals surface area contributed by atoms with Crippen LogP contribution in [0.4, 0.5) is 5.82 Å². The van der Waals surface area contributed by atoms with Crippen LogP contribution in [0.2, 0.25) is 0 Å². The number of hydrogen-bond acceptors (Lipinski definition) is 5. The molecular weight excluding hydrogens is 304 g/mol. The maximum Gasteiger partial charge on any atom is 0.242 e. The smallest absolute Gasteiger partial charge is 0.242 e. The number of aromatic nitrogens is 3. The zero-order valence-electron chi connectivity index (χ0n) is 14.0. The molecule has 7 nitrogen and oxygen atoms in total. The van der Waals surface area contributed by atoms with Gasteiger partial charge < -0.3 is 11.1 Å². The minimum atomic E-state index is -0.0435. The Bertz CT molecular complexity index is 684. The van der Waals surface area contributed by atoms with Gasteiger partial charge in [-0.15, -0.1) is 0 Å². The maximum atomic E-state index is 12.3. The number of pyridine rings is 1. The molecule has 1 aliphatic heterocycles. The van der Waals surface area contributed by atoms with E-state index in [1.54, 1.807) is 16.9 Å². The van der Waals surface area contributed by atoms with E-state index in [0.717, 1.165) is 38.2 Å². The first-order valence-electron chi connectivity index (χ1n) is 8.30. The first-order valence-corrected chi connectivity index (χ1v) is 8.30. The zero-order chi connectivity index (χ0) is 16.9. The molecule has 2 aromatic heterocycles. The number of nitrogens with zero attached hydrogens (tertiary/aromatic N) is 4. The average molecular weight is 328 g/mol. The molecule has 1 fully saturated rings. The summed E-state index contributed by atoms with van der Waals surface area (Å²) in [5.74, 6) is 0.475. The molecule has 3 rings (SSSR count). The summed E-state index contributed by atoms with van der Waals surface area (Å²) in [4.78, 5) is 18.8. The second-order valence-corrected chi connectivity index (χ2v) is 6.37. The van der Waals surface area contributed by atoms with Gasteiger partial charge in [-0.25, -0.2) is 4.68 Å². The fourth-order valence-electron chi connectivity index (χ4n) is 3.17. The largest absolute Gasteiger partial charge is 0.384 e. The molecule has 1 unspecified atom stereocenters. The molecular formula is C17H24N6O. The van der Waals surface area contributed by atoms with E-state index >= 15 is 0 Å². The minimum absolute atomic E-state index is 0.0435. The van der Waals surface area contributed by atoms with E-state index in [1.165, 1.54) is 5.56 Å². The predicted octanol–water partition coefficient (Wildman–Crippen LogP) is 0.950. The molecule has 0 radical (unpaired) electrons. The number of nitrogens with two attached hydrogens (primary N) is 1. The third-order valence-electron chi connectivity index (χ3n) is 4.23. The van der Waals surface area contributed by atoms with Gasteiger partial charge >= 0.3 is 0 Å². The number of carbonyl (C=O) groups excluding carboxylic acids is 1. The standard InChI is InChI=1S/C17H24N6O/c1-13-8-16(18)23(21-13)12-17(24)20-15-5-3-7-22(11-15)10-14-4-2-6-19-9-14/h2,4,6,8-9,15H,3,5,7,10-12,18H2,1H3,(H,20,24). The normalized spacial score (nSPS) is 18.5. The van der Waals surface area contributed by atoms with Gasteiger partial charge in [-0.2, -0.15) is 5.10 Å². The Labute approximate surface area is 141 Å². The van der Waals surface area contributed by atoms with E-state index in [2.05, 4.69) is 26.4 Å².